The zero-order valence-electron chi connectivity index (χ0n) is 18.2. The molecule has 0 aromatic heterocycles. The summed E-state index contributed by atoms with van der Waals surface area (Å²) < 4.78 is 39.1. The van der Waals surface area contributed by atoms with E-state index in [1.807, 2.05) is 48.5 Å². The van der Waals surface area contributed by atoms with Gasteiger partial charge in [-0.2, -0.15) is 4.31 Å². The molecule has 2 heterocycles. The second-order valence-corrected chi connectivity index (χ2v) is 10.3. The first-order valence-electron chi connectivity index (χ1n) is 11.2. The van der Waals surface area contributed by atoms with E-state index in [4.69, 9.17) is 9.47 Å². The molecule has 7 nitrogen and oxygen atoms in total. The summed E-state index contributed by atoms with van der Waals surface area (Å²) in [6.45, 7) is 2.00. The number of nitrogens with zero attached hydrogens (tertiary/aromatic N) is 1. The van der Waals surface area contributed by atoms with E-state index in [1.165, 1.54) is 4.31 Å². The largest absolute Gasteiger partial charge is 0.486 e. The highest BCUT2D eigenvalue weighted by atomic mass is 32.2. The van der Waals surface area contributed by atoms with Gasteiger partial charge in [0, 0.05) is 31.1 Å². The predicted octanol–water partition coefficient (Wildman–Crippen LogP) is 3.33. The zero-order valence-corrected chi connectivity index (χ0v) is 19.0. The minimum absolute atomic E-state index is 0.0629. The number of para-hydroxylation sites is 1. The van der Waals surface area contributed by atoms with Crippen molar-refractivity contribution >= 4 is 26.7 Å². The van der Waals surface area contributed by atoms with Crippen LogP contribution >= 0.6 is 0 Å². The van der Waals surface area contributed by atoms with Crippen molar-refractivity contribution in [1.29, 1.82) is 0 Å². The molecule has 33 heavy (non-hydrogen) atoms. The van der Waals surface area contributed by atoms with Gasteiger partial charge in [0.1, 0.15) is 13.2 Å². The van der Waals surface area contributed by atoms with Crippen LogP contribution in [0.5, 0.6) is 11.5 Å². The molecular weight excluding hydrogens is 440 g/mol. The minimum Gasteiger partial charge on any atom is -0.486 e. The highest BCUT2D eigenvalue weighted by molar-refractivity contribution is 7.89. The first-order chi connectivity index (χ1) is 16.0. The summed E-state index contributed by atoms with van der Waals surface area (Å²) in [5.41, 5.74) is 0.872. The molecular formula is C25H26N2O5S. The van der Waals surface area contributed by atoms with Gasteiger partial charge in [-0.05, 0) is 41.8 Å². The summed E-state index contributed by atoms with van der Waals surface area (Å²) in [5.74, 6) is 1.09. The summed E-state index contributed by atoms with van der Waals surface area (Å²) in [6.07, 6.45) is 0.982. The van der Waals surface area contributed by atoms with Gasteiger partial charge in [0.2, 0.25) is 15.9 Å². The fraction of sp³-hybridized carbons (Fsp3) is 0.320. The van der Waals surface area contributed by atoms with E-state index >= 15 is 0 Å². The second-order valence-electron chi connectivity index (χ2n) is 8.35. The lowest BCUT2D eigenvalue weighted by molar-refractivity contribution is -0.126. The standard InChI is InChI=1S/C25H26N2O5S/c28-25(26-17-21-6-3-7-23-24(21)32-15-14-31-23)19-10-12-27(13-11-19)33(29,30)22-9-8-18-4-1-2-5-20(18)16-22/h1-9,16,19H,10-15,17H2,(H,26,28). The van der Waals surface area contributed by atoms with Gasteiger partial charge in [-0.1, -0.05) is 42.5 Å². The number of amides is 1. The smallest absolute Gasteiger partial charge is 0.243 e. The van der Waals surface area contributed by atoms with E-state index in [-0.39, 0.29) is 11.8 Å². The van der Waals surface area contributed by atoms with Crippen LogP contribution in [0, 0.1) is 5.92 Å². The lowest BCUT2D eigenvalue weighted by Gasteiger charge is -2.30. The quantitative estimate of drug-likeness (QED) is 0.624. The molecule has 0 aliphatic carbocycles. The highest BCUT2D eigenvalue weighted by Gasteiger charge is 2.32. The topological polar surface area (TPSA) is 84.9 Å². The third-order valence-corrected chi connectivity index (χ3v) is 8.18. The lowest BCUT2D eigenvalue weighted by Crippen LogP contribution is -2.42. The molecule has 3 aromatic carbocycles. The van der Waals surface area contributed by atoms with Gasteiger partial charge in [0.05, 0.1) is 4.90 Å². The Bertz CT molecular complexity index is 1280. The van der Waals surface area contributed by atoms with E-state index < -0.39 is 10.0 Å². The van der Waals surface area contributed by atoms with Gasteiger partial charge in [-0.15, -0.1) is 0 Å². The van der Waals surface area contributed by atoms with Crippen molar-refractivity contribution in [3.63, 3.8) is 0 Å². The normalized spacial score (nSPS) is 17.1. The van der Waals surface area contributed by atoms with Gasteiger partial charge in [0.25, 0.3) is 0 Å². The van der Waals surface area contributed by atoms with Crippen molar-refractivity contribution in [1.82, 2.24) is 9.62 Å². The highest BCUT2D eigenvalue weighted by Crippen LogP contribution is 2.33. The molecule has 172 valence electrons. The fourth-order valence-corrected chi connectivity index (χ4v) is 5.94. The number of fused-ring (bicyclic) bond motifs is 2. The van der Waals surface area contributed by atoms with Crippen molar-refractivity contribution in [2.45, 2.75) is 24.3 Å². The molecule has 5 rings (SSSR count). The molecule has 0 saturated carbocycles. The maximum absolute atomic E-state index is 13.2. The van der Waals surface area contributed by atoms with Crippen molar-refractivity contribution in [2.75, 3.05) is 26.3 Å². The van der Waals surface area contributed by atoms with Crippen LogP contribution in [0.15, 0.2) is 65.6 Å². The third kappa shape index (κ3) is 4.41. The Balaban J connectivity index is 1.20. The van der Waals surface area contributed by atoms with Crippen molar-refractivity contribution in [2.24, 2.45) is 5.92 Å². The molecule has 1 N–H and O–H groups in total. The number of ether oxygens (including phenoxy) is 2. The number of piperidine rings is 1. The van der Waals surface area contributed by atoms with Crippen LogP contribution in [-0.2, 0) is 21.4 Å². The Morgan fingerprint density at radius 1 is 0.939 bits per heavy atom. The van der Waals surface area contributed by atoms with E-state index in [0.29, 0.717) is 62.1 Å². The molecule has 0 radical (unpaired) electrons. The number of benzene rings is 3. The molecule has 2 aliphatic heterocycles. The molecule has 3 aromatic rings. The summed E-state index contributed by atoms with van der Waals surface area (Å²) in [5, 5.41) is 4.88. The summed E-state index contributed by atoms with van der Waals surface area (Å²) in [7, 11) is -3.60. The van der Waals surface area contributed by atoms with Crippen LogP contribution in [0.1, 0.15) is 18.4 Å². The Morgan fingerprint density at radius 2 is 1.70 bits per heavy atom. The number of hydrogen-bond acceptors (Lipinski definition) is 5. The Labute approximate surface area is 193 Å². The number of nitrogens with one attached hydrogen (secondary N) is 1. The lowest BCUT2D eigenvalue weighted by atomic mass is 9.97. The molecule has 1 fully saturated rings. The van der Waals surface area contributed by atoms with Gasteiger partial charge < -0.3 is 14.8 Å². The maximum atomic E-state index is 13.2. The number of carbonyl (C=O) groups excluding carboxylic acids is 1. The minimum atomic E-state index is -3.60. The maximum Gasteiger partial charge on any atom is 0.243 e. The van der Waals surface area contributed by atoms with Gasteiger partial charge >= 0.3 is 0 Å². The molecule has 2 aliphatic rings. The van der Waals surface area contributed by atoms with Crippen LogP contribution in [0.25, 0.3) is 10.8 Å². The summed E-state index contributed by atoms with van der Waals surface area (Å²) in [6, 6.07) is 18.5. The van der Waals surface area contributed by atoms with Crippen LogP contribution in [0.3, 0.4) is 0 Å². The van der Waals surface area contributed by atoms with Gasteiger partial charge in [-0.25, -0.2) is 8.42 Å². The van der Waals surface area contributed by atoms with Gasteiger partial charge in [-0.3, -0.25) is 4.79 Å². The van der Waals surface area contributed by atoms with E-state index in [9.17, 15) is 13.2 Å². The third-order valence-electron chi connectivity index (χ3n) is 6.28. The molecule has 0 unspecified atom stereocenters. The van der Waals surface area contributed by atoms with Crippen LogP contribution in [0.2, 0.25) is 0 Å². The van der Waals surface area contributed by atoms with Crippen molar-refractivity contribution < 1.29 is 22.7 Å². The van der Waals surface area contributed by atoms with Gasteiger partial charge in [0.15, 0.2) is 11.5 Å². The monoisotopic (exact) mass is 466 g/mol. The van der Waals surface area contributed by atoms with Crippen molar-refractivity contribution in [3.05, 3.63) is 66.2 Å². The number of rotatable bonds is 5. The number of carbonyl (C=O) groups is 1. The molecule has 0 atom stereocenters. The van der Waals surface area contributed by atoms with E-state index in [0.717, 1.165) is 16.3 Å². The number of hydrogen-bond donors (Lipinski definition) is 1. The molecule has 1 saturated heterocycles. The number of sulfonamides is 1. The zero-order chi connectivity index (χ0) is 22.8. The average molecular weight is 467 g/mol. The Kier molecular flexibility index (Phi) is 5.95. The van der Waals surface area contributed by atoms with Crippen molar-refractivity contribution in [3.8, 4) is 11.5 Å². The Hall–Kier alpha value is -3.10. The molecule has 8 heteroatoms. The van der Waals surface area contributed by atoms with E-state index in [1.54, 1.807) is 12.1 Å². The molecule has 1 amide bonds. The summed E-state index contributed by atoms with van der Waals surface area (Å²) in [4.78, 5) is 13.1. The van der Waals surface area contributed by atoms with Crippen LogP contribution < -0.4 is 14.8 Å². The second kappa shape index (κ2) is 9.03. The fourth-order valence-electron chi connectivity index (χ4n) is 4.44. The SMILES string of the molecule is O=C(NCc1cccc2c1OCCO2)C1CCN(S(=O)(=O)c2ccc3ccccc3c2)CC1. The van der Waals surface area contributed by atoms with Crippen LogP contribution in [-0.4, -0.2) is 44.9 Å². The predicted molar refractivity (Wildman–Crippen MR) is 125 cm³/mol. The molecule has 0 bridgehead atoms. The van der Waals surface area contributed by atoms with E-state index in [2.05, 4.69) is 5.32 Å². The first kappa shape index (κ1) is 21.7. The Morgan fingerprint density at radius 3 is 2.52 bits per heavy atom. The molecule has 0 spiro atoms. The average Bonchev–Trinajstić information content (AvgIpc) is 2.87. The van der Waals surface area contributed by atoms with Crippen LogP contribution in [0.4, 0.5) is 0 Å². The first-order valence-corrected chi connectivity index (χ1v) is 12.6. The summed E-state index contributed by atoms with van der Waals surface area (Å²) >= 11 is 0.